The summed E-state index contributed by atoms with van der Waals surface area (Å²) in [4.78, 5) is 39.3. The Morgan fingerprint density at radius 1 is 1.12 bits per heavy atom. The Balaban J connectivity index is 1.27. The molecule has 2 saturated heterocycles. The fourth-order valence-electron chi connectivity index (χ4n) is 5.01. The monoisotopic (exact) mass is 479 g/mol. The van der Waals surface area contributed by atoms with Crippen molar-refractivity contribution in [1.82, 2.24) is 25.3 Å². The van der Waals surface area contributed by atoms with Crippen molar-refractivity contribution in [3.05, 3.63) is 64.8 Å². The molecule has 2 N–H and O–H groups in total. The molecule has 2 fully saturated rings. The number of carbonyl (C=O) groups is 3. The minimum absolute atomic E-state index is 0.0408. The highest BCUT2D eigenvalue weighted by Crippen LogP contribution is 2.33. The summed E-state index contributed by atoms with van der Waals surface area (Å²) in [6.45, 7) is 5.03. The first kappa shape index (κ1) is 22.4. The number of hydrogen-bond donors (Lipinski definition) is 2. The molecule has 3 aromatic rings. The standard InChI is InChI=1S/C25H26ClN5O3/c1-15(2)25(23(33)27-24(34)28-25)18-5-3-16(4-6-18)22(32)30-11-9-20(10-12-30)31-14-17-13-19(26)7-8-21(17)29-31/h3-8,13-15,20H,9-12H2,1-2H3,(H2,27,28,33,34)/t25-/m1/s1. The number of likely N-dealkylation sites (tertiary alicyclic amines) is 1. The second-order valence-electron chi connectivity index (χ2n) is 9.28. The van der Waals surface area contributed by atoms with Crippen LogP contribution in [0.1, 0.15) is 48.7 Å². The molecular weight excluding hydrogens is 454 g/mol. The third-order valence-electron chi connectivity index (χ3n) is 6.96. The molecule has 0 aliphatic carbocycles. The van der Waals surface area contributed by atoms with E-state index in [0.29, 0.717) is 29.2 Å². The van der Waals surface area contributed by atoms with Crippen LogP contribution in [0.15, 0.2) is 48.7 Å². The van der Waals surface area contributed by atoms with E-state index in [2.05, 4.69) is 15.7 Å². The Hall–Kier alpha value is -3.39. The van der Waals surface area contributed by atoms with Gasteiger partial charge in [0, 0.05) is 35.3 Å². The topological polar surface area (TPSA) is 96.3 Å². The summed E-state index contributed by atoms with van der Waals surface area (Å²) in [7, 11) is 0. The number of benzene rings is 2. The van der Waals surface area contributed by atoms with Gasteiger partial charge in [-0.1, -0.05) is 37.6 Å². The molecule has 0 bridgehead atoms. The zero-order valence-electron chi connectivity index (χ0n) is 19.0. The fourth-order valence-corrected chi connectivity index (χ4v) is 5.19. The third-order valence-corrected chi connectivity index (χ3v) is 7.19. The predicted molar refractivity (Wildman–Crippen MR) is 129 cm³/mol. The number of aromatic nitrogens is 2. The Morgan fingerprint density at radius 2 is 1.82 bits per heavy atom. The zero-order valence-corrected chi connectivity index (χ0v) is 19.8. The van der Waals surface area contributed by atoms with Gasteiger partial charge in [-0.3, -0.25) is 19.6 Å². The van der Waals surface area contributed by atoms with Crippen molar-refractivity contribution in [3.8, 4) is 0 Å². The van der Waals surface area contributed by atoms with E-state index in [1.807, 2.05) is 47.8 Å². The molecule has 2 aliphatic heterocycles. The summed E-state index contributed by atoms with van der Waals surface area (Å²) in [5.41, 5.74) is 1.00. The van der Waals surface area contributed by atoms with Gasteiger partial charge >= 0.3 is 6.03 Å². The van der Waals surface area contributed by atoms with E-state index in [9.17, 15) is 14.4 Å². The number of nitrogens with one attached hydrogen (secondary N) is 2. The number of nitrogens with zero attached hydrogens (tertiary/aromatic N) is 3. The molecule has 0 radical (unpaired) electrons. The molecule has 3 heterocycles. The molecule has 0 saturated carbocycles. The van der Waals surface area contributed by atoms with Crippen molar-refractivity contribution in [1.29, 1.82) is 0 Å². The lowest BCUT2D eigenvalue weighted by molar-refractivity contribution is -0.125. The van der Waals surface area contributed by atoms with Crippen LogP contribution < -0.4 is 10.6 Å². The maximum Gasteiger partial charge on any atom is 0.322 e. The summed E-state index contributed by atoms with van der Waals surface area (Å²) in [5.74, 6) is -0.572. The van der Waals surface area contributed by atoms with Crippen LogP contribution in [-0.2, 0) is 10.3 Å². The maximum absolute atomic E-state index is 13.1. The Labute approximate surface area is 202 Å². The Morgan fingerprint density at radius 3 is 2.44 bits per heavy atom. The van der Waals surface area contributed by atoms with E-state index in [4.69, 9.17) is 11.6 Å². The van der Waals surface area contributed by atoms with Crippen molar-refractivity contribution in [2.75, 3.05) is 13.1 Å². The van der Waals surface area contributed by atoms with Gasteiger partial charge in [0.15, 0.2) is 0 Å². The molecule has 2 aliphatic rings. The van der Waals surface area contributed by atoms with E-state index in [1.54, 1.807) is 24.3 Å². The average Bonchev–Trinajstić information content (AvgIpc) is 3.39. The normalized spacial score (nSPS) is 21.2. The van der Waals surface area contributed by atoms with Gasteiger partial charge in [0.05, 0.1) is 11.6 Å². The molecule has 5 rings (SSSR count). The largest absolute Gasteiger partial charge is 0.338 e. The van der Waals surface area contributed by atoms with Crippen LogP contribution in [0.3, 0.4) is 0 Å². The number of amides is 4. The third kappa shape index (κ3) is 3.72. The number of urea groups is 1. The molecule has 34 heavy (non-hydrogen) atoms. The molecule has 1 atom stereocenters. The molecule has 0 unspecified atom stereocenters. The second-order valence-corrected chi connectivity index (χ2v) is 9.72. The average molecular weight is 480 g/mol. The smallest absolute Gasteiger partial charge is 0.322 e. The van der Waals surface area contributed by atoms with Crippen LogP contribution in [0.4, 0.5) is 4.79 Å². The first-order chi connectivity index (χ1) is 16.3. The van der Waals surface area contributed by atoms with E-state index < -0.39 is 11.6 Å². The first-order valence-electron chi connectivity index (χ1n) is 11.5. The van der Waals surface area contributed by atoms with Gasteiger partial charge in [0.25, 0.3) is 11.8 Å². The highest BCUT2D eigenvalue weighted by atomic mass is 35.5. The van der Waals surface area contributed by atoms with Crippen molar-refractivity contribution < 1.29 is 14.4 Å². The van der Waals surface area contributed by atoms with Crippen molar-refractivity contribution in [2.24, 2.45) is 5.92 Å². The van der Waals surface area contributed by atoms with Gasteiger partial charge in [-0.2, -0.15) is 5.10 Å². The Bertz CT molecular complexity index is 1280. The quantitative estimate of drug-likeness (QED) is 0.555. The van der Waals surface area contributed by atoms with Gasteiger partial charge in [-0.25, -0.2) is 4.79 Å². The number of hydrogen-bond acceptors (Lipinski definition) is 4. The second kappa shape index (κ2) is 8.43. The molecule has 9 heteroatoms. The van der Waals surface area contributed by atoms with E-state index in [-0.39, 0.29) is 23.8 Å². The molecule has 4 amide bonds. The number of piperidine rings is 1. The molecule has 2 aromatic carbocycles. The van der Waals surface area contributed by atoms with Gasteiger partial charge < -0.3 is 10.2 Å². The lowest BCUT2D eigenvalue weighted by Gasteiger charge is -2.33. The van der Waals surface area contributed by atoms with Crippen molar-refractivity contribution in [3.63, 3.8) is 0 Å². The van der Waals surface area contributed by atoms with Crippen molar-refractivity contribution >= 4 is 40.3 Å². The highest BCUT2D eigenvalue weighted by Gasteiger charge is 2.50. The van der Waals surface area contributed by atoms with Gasteiger partial charge in [0.2, 0.25) is 0 Å². The summed E-state index contributed by atoms with van der Waals surface area (Å²) < 4.78 is 1.99. The van der Waals surface area contributed by atoms with Crippen LogP contribution in [0.2, 0.25) is 5.02 Å². The lowest BCUT2D eigenvalue weighted by atomic mass is 9.79. The zero-order chi connectivity index (χ0) is 24.0. The molecule has 0 spiro atoms. The van der Waals surface area contributed by atoms with Gasteiger partial charge in [-0.05, 0) is 54.7 Å². The SMILES string of the molecule is CC(C)[C@]1(c2ccc(C(=O)N3CCC(n4cc5cc(Cl)ccc5n4)CC3)cc2)NC(=O)NC1=O. The van der Waals surface area contributed by atoms with E-state index >= 15 is 0 Å². The van der Waals surface area contributed by atoms with Gasteiger partial charge in [-0.15, -0.1) is 0 Å². The van der Waals surface area contributed by atoms with Crippen molar-refractivity contribution in [2.45, 2.75) is 38.3 Å². The predicted octanol–water partition coefficient (Wildman–Crippen LogP) is 3.86. The first-order valence-corrected chi connectivity index (χ1v) is 11.8. The molecule has 176 valence electrons. The van der Waals surface area contributed by atoms with Crippen LogP contribution in [0, 0.1) is 5.92 Å². The van der Waals surface area contributed by atoms with Crippen LogP contribution in [0.5, 0.6) is 0 Å². The molecular formula is C25H26ClN5O3. The van der Waals surface area contributed by atoms with E-state index in [1.165, 1.54) is 0 Å². The minimum atomic E-state index is -1.13. The summed E-state index contributed by atoms with van der Waals surface area (Å²) in [5, 5.41) is 11.5. The van der Waals surface area contributed by atoms with Crippen LogP contribution in [-0.4, -0.2) is 45.6 Å². The number of halogens is 1. The van der Waals surface area contributed by atoms with Crippen LogP contribution >= 0.6 is 11.6 Å². The Kier molecular flexibility index (Phi) is 5.56. The fraction of sp³-hybridized carbons (Fsp3) is 0.360. The highest BCUT2D eigenvalue weighted by molar-refractivity contribution is 6.31. The molecule has 1 aromatic heterocycles. The number of carbonyl (C=O) groups excluding carboxylic acids is 3. The maximum atomic E-state index is 13.1. The summed E-state index contributed by atoms with van der Waals surface area (Å²) in [6, 6.07) is 12.4. The van der Waals surface area contributed by atoms with Crippen LogP contribution in [0.25, 0.3) is 10.9 Å². The minimum Gasteiger partial charge on any atom is -0.338 e. The lowest BCUT2D eigenvalue weighted by Crippen LogP contribution is -2.48. The summed E-state index contributed by atoms with van der Waals surface area (Å²) in [6.07, 6.45) is 3.65. The summed E-state index contributed by atoms with van der Waals surface area (Å²) >= 11 is 6.09. The number of rotatable bonds is 4. The number of fused-ring (bicyclic) bond motifs is 1. The van der Waals surface area contributed by atoms with E-state index in [0.717, 1.165) is 23.7 Å². The van der Waals surface area contributed by atoms with Gasteiger partial charge in [0.1, 0.15) is 5.54 Å². The number of imide groups is 1. The molecule has 8 nitrogen and oxygen atoms in total.